The maximum Gasteiger partial charge on any atom is 0.0674 e. The van der Waals surface area contributed by atoms with E-state index in [1.807, 2.05) is 24.3 Å². The molecule has 78 valence electrons. The zero-order valence-electron chi connectivity index (χ0n) is 8.49. The Labute approximate surface area is 95.1 Å². The van der Waals surface area contributed by atoms with E-state index in [9.17, 15) is 0 Å². The Morgan fingerprint density at radius 2 is 2.33 bits per heavy atom. The van der Waals surface area contributed by atoms with Crippen LogP contribution in [0.25, 0.3) is 0 Å². The number of nitriles is 1. The second-order valence-corrected chi connectivity index (χ2v) is 4.33. The number of piperidine rings is 1. The largest absolute Gasteiger partial charge is 0.370 e. The van der Waals surface area contributed by atoms with E-state index < -0.39 is 0 Å². The van der Waals surface area contributed by atoms with Gasteiger partial charge in [-0.25, -0.2) is 0 Å². The summed E-state index contributed by atoms with van der Waals surface area (Å²) in [5, 5.41) is 9.66. The van der Waals surface area contributed by atoms with Gasteiger partial charge in [-0.3, -0.25) is 0 Å². The zero-order valence-corrected chi connectivity index (χ0v) is 9.24. The highest BCUT2D eigenvalue weighted by molar-refractivity contribution is 6.30. The lowest BCUT2D eigenvalue weighted by atomic mass is 9.99. The minimum atomic E-state index is 0.165. The molecule has 1 unspecified atom stereocenters. The number of hydrogen-bond donors (Lipinski definition) is 0. The molecular formula is C12H13ClN2. The van der Waals surface area contributed by atoms with Gasteiger partial charge in [0.15, 0.2) is 0 Å². The van der Waals surface area contributed by atoms with Crippen molar-refractivity contribution >= 4 is 17.3 Å². The first-order valence-electron chi connectivity index (χ1n) is 5.20. The lowest BCUT2D eigenvalue weighted by Gasteiger charge is -2.31. The van der Waals surface area contributed by atoms with E-state index >= 15 is 0 Å². The van der Waals surface area contributed by atoms with Gasteiger partial charge >= 0.3 is 0 Å². The summed E-state index contributed by atoms with van der Waals surface area (Å²) >= 11 is 5.94. The minimum Gasteiger partial charge on any atom is -0.370 e. The molecule has 0 aliphatic carbocycles. The third kappa shape index (κ3) is 2.43. The molecule has 3 heteroatoms. The molecule has 2 rings (SSSR count). The molecule has 0 spiro atoms. The number of nitrogens with zero attached hydrogens (tertiary/aromatic N) is 2. The molecular weight excluding hydrogens is 208 g/mol. The Kier molecular flexibility index (Phi) is 3.13. The minimum absolute atomic E-state index is 0.165. The molecule has 1 aliphatic rings. The van der Waals surface area contributed by atoms with Crippen molar-refractivity contribution in [2.45, 2.75) is 12.8 Å². The Morgan fingerprint density at radius 3 is 3.07 bits per heavy atom. The summed E-state index contributed by atoms with van der Waals surface area (Å²) in [5.41, 5.74) is 1.13. The predicted octanol–water partition coefficient (Wildman–Crippen LogP) is 3.08. The van der Waals surface area contributed by atoms with Crippen molar-refractivity contribution in [1.29, 1.82) is 5.26 Å². The van der Waals surface area contributed by atoms with Gasteiger partial charge in [0.25, 0.3) is 0 Å². The van der Waals surface area contributed by atoms with Crippen molar-refractivity contribution in [2.75, 3.05) is 18.0 Å². The Hall–Kier alpha value is -1.20. The first-order valence-corrected chi connectivity index (χ1v) is 5.57. The van der Waals surface area contributed by atoms with Crippen LogP contribution in [-0.2, 0) is 0 Å². The Morgan fingerprint density at radius 1 is 1.47 bits per heavy atom. The fourth-order valence-corrected chi connectivity index (χ4v) is 2.17. The van der Waals surface area contributed by atoms with Crippen molar-refractivity contribution in [1.82, 2.24) is 0 Å². The molecule has 1 aliphatic heterocycles. The molecule has 1 aromatic carbocycles. The van der Waals surface area contributed by atoms with Crippen molar-refractivity contribution in [3.8, 4) is 6.07 Å². The lowest BCUT2D eigenvalue weighted by molar-refractivity contribution is 0.493. The SMILES string of the molecule is N#CC1CCCN(c2cccc(Cl)c2)C1. The Balaban J connectivity index is 2.14. The number of halogens is 1. The van der Waals surface area contributed by atoms with Crippen LogP contribution in [0.3, 0.4) is 0 Å². The van der Waals surface area contributed by atoms with Crippen LogP contribution in [0.5, 0.6) is 0 Å². The highest BCUT2D eigenvalue weighted by Gasteiger charge is 2.19. The van der Waals surface area contributed by atoms with Crippen molar-refractivity contribution in [3.63, 3.8) is 0 Å². The van der Waals surface area contributed by atoms with E-state index in [1.165, 1.54) is 0 Å². The number of anilines is 1. The molecule has 1 saturated heterocycles. The summed E-state index contributed by atoms with van der Waals surface area (Å²) in [7, 11) is 0. The third-order valence-electron chi connectivity index (χ3n) is 2.78. The molecule has 1 aromatic rings. The molecule has 0 N–H and O–H groups in total. The van der Waals surface area contributed by atoms with Gasteiger partial charge in [0.2, 0.25) is 0 Å². The molecule has 1 atom stereocenters. The van der Waals surface area contributed by atoms with Crippen molar-refractivity contribution in [2.24, 2.45) is 5.92 Å². The smallest absolute Gasteiger partial charge is 0.0674 e. The van der Waals surface area contributed by atoms with Crippen LogP contribution in [0.1, 0.15) is 12.8 Å². The highest BCUT2D eigenvalue weighted by Crippen LogP contribution is 2.24. The molecule has 15 heavy (non-hydrogen) atoms. The van der Waals surface area contributed by atoms with Crippen molar-refractivity contribution in [3.05, 3.63) is 29.3 Å². The number of hydrogen-bond acceptors (Lipinski definition) is 2. The summed E-state index contributed by atoms with van der Waals surface area (Å²) in [5.74, 6) is 0.165. The normalized spacial score (nSPS) is 21.1. The molecule has 1 heterocycles. The highest BCUT2D eigenvalue weighted by atomic mass is 35.5. The third-order valence-corrected chi connectivity index (χ3v) is 3.01. The maximum absolute atomic E-state index is 8.91. The summed E-state index contributed by atoms with van der Waals surface area (Å²) in [4.78, 5) is 2.24. The Bertz CT molecular complexity index is 383. The van der Waals surface area contributed by atoms with E-state index in [1.54, 1.807) is 0 Å². The van der Waals surface area contributed by atoms with E-state index in [0.29, 0.717) is 0 Å². The fourth-order valence-electron chi connectivity index (χ4n) is 1.99. The van der Waals surface area contributed by atoms with E-state index in [4.69, 9.17) is 16.9 Å². The van der Waals surface area contributed by atoms with E-state index in [2.05, 4.69) is 11.0 Å². The molecule has 0 aromatic heterocycles. The van der Waals surface area contributed by atoms with Gasteiger partial charge < -0.3 is 4.90 Å². The quantitative estimate of drug-likeness (QED) is 0.727. The maximum atomic E-state index is 8.91. The van der Waals surface area contributed by atoms with Gasteiger partial charge in [0, 0.05) is 23.8 Å². The van der Waals surface area contributed by atoms with Gasteiger partial charge in [-0.2, -0.15) is 5.26 Å². The predicted molar refractivity (Wildman–Crippen MR) is 62.0 cm³/mol. The van der Waals surface area contributed by atoms with Crippen LogP contribution in [0.15, 0.2) is 24.3 Å². The van der Waals surface area contributed by atoms with Crippen LogP contribution < -0.4 is 4.90 Å². The molecule has 0 amide bonds. The summed E-state index contributed by atoms with van der Waals surface area (Å²) in [6.45, 7) is 1.86. The monoisotopic (exact) mass is 220 g/mol. The second kappa shape index (κ2) is 4.55. The average Bonchev–Trinajstić information content (AvgIpc) is 2.29. The van der Waals surface area contributed by atoms with Gasteiger partial charge in [-0.1, -0.05) is 17.7 Å². The first kappa shape index (κ1) is 10.3. The fraction of sp³-hybridized carbons (Fsp3) is 0.417. The first-order chi connectivity index (χ1) is 7.29. The van der Waals surface area contributed by atoms with E-state index in [0.717, 1.165) is 36.6 Å². The van der Waals surface area contributed by atoms with Crippen LogP contribution in [0.2, 0.25) is 5.02 Å². The average molecular weight is 221 g/mol. The standard InChI is InChI=1S/C12H13ClN2/c13-11-4-1-5-12(7-11)15-6-2-3-10(8-14)9-15/h1,4-5,7,10H,2-3,6,9H2. The van der Waals surface area contributed by atoms with E-state index in [-0.39, 0.29) is 5.92 Å². The van der Waals surface area contributed by atoms with Gasteiger partial charge in [0.1, 0.15) is 0 Å². The van der Waals surface area contributed by atoms with Crippen LogP contribution in [-0.4, -0.2) is 13.1 Å². The summed E-state index contributed by atoms with van der Waals surface area (Å²) in [6, 6.07) is 10.2. The van der Waals surface area contributed by atoms with Gasteiger partial charge in [0.05, 0.1) is 12.0 Å². The molecule has 0 saturated carbocycles. The molecule has 0 bridgehead atoms. The van der Waals surface area contributed by atoms with Gasteiger partial charge in [-0.05, 0) is 31.0 Å². The van der Waals surface area contributed by atoms with Crippen LogP contribution in [0, 0.1) is 17.2 Å². The number of benzene rings is 1. The number of rotatable bonds is 1. The van der Waals surface area contributed by atoms with Crippen molar-refractivity contribution < 1.29 is 0 Å². The summed E-state index contributed by atoms with van der Waals surface area (Å²) in [6.07, 6.45) is 2.11. The lowest BCUT2D eigenvalue weighted by Crippen LogP contribution is -2.34. The molecule has 0 radical (unpaired) electrons. The molecule has 2 nitrogen and oxygen atoms in total. The summed E-state index contributed by atoms with van der Waals surface area (Å²) < 4.78 is 0. The van der Waals surface area contributed by atoms with Crippen LogP contribution in [0.4, 0.5) is 5.69 Å². The van der Waals surface area contributed by atoms with Crippen LogP contribution >= 0.6 is 11.6 Å². The topological polar surface area (TPSA) is 27.0 Å². The molecule has 1 fully saturated rings. The second-order valence-electron chi connectivity index (χ2n) is 3.89. The zero-order chi connectivity index (χ0) is 10.7. The van der Waals surface area contributed by atoms with Gasteiger partial charge in [-0.15, -0.1) is 0 Å².